The Morgan fingerprint density at radius 1 is 1.15 bits per heavy atom. The van der Waals surface area contributed by atoms with Gasteiger partial charge in [0.15, 0.2) is 0 Å². The van der Waals surface area contributed by atoms with Crippen LogP contribution in [-0.4, -0.2) is 26.9 Å². The summed E-state index contributed by atoms with van der Waals surface area (Å²) in [5.41, 5.74) is 0. The van der Waals surface area contributed by atoms with Gasteiger partial charge in [0, 0.05) is 14.8 Å². The fraction of sp³-hybridized carbons (Fsp3) is 0.667. The molecule has 0 bridgehead atoms. The van der Waals surface area contributed by atoms with Crippen LogP contribution in [-0.2, 0) is 9.59 Å². The van der Waals surface area contributed by atoms with Crippen LogP contribution in [0.15, 0.2) is 0 Å². The highest BCUT2D eigenvalue weighted by Crippen LogP contribution is 2.34. The maximum atomic E-state index is 8.35. The molecule has 1 rings (SSSR count). The second-order valence-electron chi connectivity index (χ2n) is 1.54. The van der Waals surface area contributed by atoms with Crippen molar-refractivity contribution in [1.29, 1.82) is 10.8 Å². The molecule has 13 heavy (non-hydrogen) atoms. The minimum atomic E-state index is 0.750. The Morgan fingerprint density at radius 2 is 1.46 bits per heavy atom. The summed E-state index contributed by atoms with van der Waals surface area (Å²) in [7, 11) is 0. The zero-order valence-electron chi connectivity index (χ0n) is 7.03. The molecule has 7 heteroatoms. The molecule has 4 nitrogen and oxygen atoms in total. The van der Waals surface area contributed by atoms with Gasteiger partial charge in [-0.15, -0.1) is 35.3 Å². The van der Waals surface area contributed by atoms with E-state index in [9.17, 15) is 0 Å². The summed E-state index contributed by atoms with van der Waals surface area (Å²) >= 11 is 6.11. The molecule has 0 radical (unpaired) electrons. The molecule has 1 aliphatic heterocycles. The van der Waals surface area contributed by atoms with E-state index in [0.717, 1.165) is 16.7 Å². The van der Waals surface area contributed by atoms with Gasteiger partial charge in [0.1, 0.15) is 0 Å². The molecule has 0 aromatic rings. The van der Waals surface area contributed by atoms with Gasteiger partial charge in [0.25, 0.3) is 0 Å². The van der Waals surface area contributed by atoms with Gasteiger partial charge in [-0.2, -0.15) is 0 Å². The molecule has 1 saturated heterocycles. The fourth-order valence-corrected chi connectivity index (χ4v) is 4.94. The normalized spacial score (nSPS) is 14.8. The van der Waals surface area contributed by atoms with E-state index in [1.54, 1.807) is 0 Å². The summed E-state index contributed by atoms with van der Waals surface area (Å²) in [5, 5.41) is 13.4. The summed E-state index contributed by atoms with van der Waals surface area (Å²) in [6.07, 6.45) is 1.50. The minimum absolute atomic E-state index is 0.750. The van der Waals surface area contributed by atoms with Gasteiger partial charge in [0.2, 0.25) is 12.2 Å². The largest absolute Gasteiger partial charge is 0.231 e. The van der Waals surface area contributed by atoms with Crippen LogP contribution in [0.4, 0.5) is 0 Å². The summed E-state index contributed by atoms with van der Waals surface area (Å²) < 4.78 is 0.848. The topological polar surface area (TPSA) is 81.8 Å². The van der Waals surface area contributed by atoms with E-state index in [0.29, 0.717) is 0 Å². The lowest BCUT2D eigenvalue weighted by Crippen LogP contribution is -1.95. The average Bonchev–Trinajstić information content (AvgIpc) is 2.08. The number of nitrogens with one attached hydrogen (secondary N) is 2. The third-order valence-electron chi connectivity index (χ3n) is 0.772. The lowest BCUT2D eigenvalue weighted by Gasteiger charge is -2.14. The zero-order chi connectivity index (χ0) is 10.5. The highest BCUT2D eigenvalue weighted by molar-refractivity contribution is 8.32. The van der Waals surface area contributed by atoms with Gasteiger partial charge in [-0.05, 0) is 6.92 Å². The molecule has 2 N–H and O–H groups in total. The monoisotopic (exact) mass is 238 g/mol. The lowest BCUT2D eigenvalue weighted by atomic mass is 11.0. The first-order chi connectivity index (χ1) is 6.22. The SMILES string of the molecule is CC1SCSCS1.N=C=O.N=C=O. The Kier molecular flexibility index (Phi) is 16.9. The van der Waals surface area contributed by atoms with E-state index >= 15 is 0 Å². The van der Waals surface area contributed by atoms with Crippen molar-refractivity contribution in [3.05, 3.63) is 0 Å². The van der Waals surface area contributed by atoms with Crippen LogP contribution in [0, 0.1) is 10.8 Å². The van der Waals surface area contributed by atoms with Gasteiger partial charge in [-0.25, -0.2) is 20.4 Å². The van der Waals surface area contributed by atoms with Crippen LogP contribution in [0.1, 0.15) is 6.92 Å². The van der Waals surface area contributed by atoms with Gasteiger partial charge >= 0.3 is 0 Å². The standard InChI is InChI=1S/C4H8S3.2CHNO/c1-4-6-2-5-3-7-4;2*2-1-3/h4H,2-3H2,1H3;2*2H. The maximum Gasteiger partial charge on any atom is 0.231 e. The minimum Gasteiger partial charge on any atom is -0.222 e. The molecule has 0 aliphatic carbocycles. The Bertz CT molecular complexity index is 159. The predicted molar refractivity (Wildman–Crippen MR) is 58.8 cm³/mol. The first-order valence-corrected chi connectivity index (χ1v) is 6.36. The molecule has 0 aromatic carbocycles. The van der Waals surface area contributed by atoms with Crippen LogP contribution in [0.2, 0.25) is 0 Å². The van der Waals surface area contributed by atoms with Crippen molar-refractivity contribution < 1.29 is 9.59 Å². The zero-order valence-corrected chi connectivity index (χ0v) is 9.48. The molecule has 0 unspecified atom stereocenters. The van der Waals surface area contributed by atoms with Crippen LogP contribution in [0.3, 0.4) is 0 Å². The lowest BCUT2D eigenvalue weighted by molar-refractivity contribution is 0.562. The van der Waals surface area contributed by atoms with Crippen molar-refractivity contribution in [3.8, 4) is 0 Å². The van der Waals surface area contributed by atoms with E-state index in [-0.39, 0.29) is 0 Å². The van der Waals surface area contributed by atoms with Gasteiger partial charge in [-0.3, -0.25) is 0 Å². The molecular formula is C6H10N2O2S3. The molecule has 1 fully saturated rings. The summed E-state index contributed by atoms with van der Waals surface area (Å²) in [4.78, 5) is 16.7. The molecule has 0 saturated carbocycles. The molecule has 0 aromatic heterocycles. The smallest absolute Gasteiger partial charge is 0.222 e. The van der Waals surface area contributed by atoms with Gasteiger partial charge in [0.05, 0.1) is 0 Å². The van der Waals surface area contributed by atoms with E-state index in [4.69, 9.17) is 20.4 Å². The maximum absolute atomic E-state index is 8.35. The van der Waals surface area contributed by atoms with E-state index in [1.165, 1.54) is 10.2 Å². The first kappa shape index (κ1) is 15.3. The number of carbonyl (C=O) groups excluding carboxylic acids is 2. The second kappa shape index (κ2) is 14.3. The third-order valence-corrected chi connectivity index (χ3v) is 4.95. The first-order valence-electron chi connectivity index (χ1n) is 3.11. The van der Waals surface area contributed by atoms with Crippen molar-refractivity contribution in [2.75, 3.05) is 10.2 Å². The summed E-state index contributed by atoms with van der Waals surface area (Å²) in [6, 6.07) is 0. The quantitative estimate of drug-likeness (QED) is 0.499. The molecule has 1 heterocycles. The predicted octanol–water partition coefficient (Wildman–Crippen LogP) is 2.26. The van der Waals surface area contributed by atoms with Crippen LogP contribution >= 0.6 is 35.3 Å². The Labute approximate surface area is 89.6 Å². The highest BCUT2D eigenvalue weighted by atomic mass is 32.3. The Balaban J connectivity index is 0. The highest BCUT2D eigenvalue weighted by Gasteiger charge is 2.07. The second-order valence-corrected chi connectivity index (χ2v) is 6.22. The van der Waals surface area contributed by atoms with Crippen molar-refractivity contribution in [1.82, 2.24) is 0 Å². The molecule has 0 atom stereocenters. The van der Waals surface area contributed by atoms with Crippen molar-refractivity contribution >= 4 is 47.4 Å². The van der Waals surface area contributed by atoms with Crippen molar-refractivity contribution in [3.63, 3.8) is 0 Å². The van der Waals surface area contributed by atoms with E-state index < -0.39 is 0 Å². The Hall–Kier alpha value is -0.190. The van der Waals surface area contributed by atoms with Crippen LogP contribution in [0.25, 0.3) is 0 Å². The number of hydrogen-bond donors (Lipinski definition) is 2. The van der Waals surface area contributed by atoms with Gasteiger partial charge in [-0.1, -0.05) is 0 Å². The van der Waals surface area contributed by atoms with Gasteiger partial charge < -0.3 is 0 Å². The van der Waals surface area contributed by atoms with E-state index in [1.807, 2.05) is 35.3 Å². The summed E-state index contributed by atoms with van der Waals surface area (Å²) in [6.45, 7) is 2.27. The Morgan fingerprint density at radius 3 is 1.62 bits per heavy atom. The molecule has 0 amide bonds. The third kappa shape index (κ3) is 18.6. The van der Waals surface area contributed by atoms with E-state index in [2.05, 4.69) is 6.92 Å². The molecule has 74 valence electrons. The molecule has 0 spiro atoms. The molecule has 1 aliphatic rings. The van der Waals surface area contributed by atoms with Crippen molar-refractivity contribution in [2.45, 2.75) is 11.5 Å². The average molecular weight is 238 g/mol. The van der Waals surface area contributed by atoms with Crippen LogP contribution in [0.5, 0.6) is 0 Å². The molecular weight excluding hydrogens is 228 g/mol. The number of hydrogen-bond acceptors (Lipinski definition) is 7. The number of isocyanates is 2. The fourth-order valence-electron chi connectivity index (χ4n) is 0.370. The van der Waals surface area contributed by atoms with Crippen LogP contribution < -0.4 is 0 Å². The summed E-state index contributed by atoms with van der Waals surface area (Å²) in [5.74, 6) is 0. The number of rotatable bonds is 0. The van der Waals surface area contributed by atoms with Crippen molar-refractivity contribution in [2.24, 2.45) is 0 Å². The number of thioether (sulfide) groups is 3.